The number of rotatable bonds is 5. The summed E-state index contributed by atoms with van der Waals surface area (Å²) in [5.41, 5.74) is 0. The number of hydrogen-bond donors (Lipinski definition) is 1. The van der Waals surface area contributed by atoms with E-state index in [1.54, 1.807) is 6.20 Å². The molecule has 1 amide bonds. The summed E-state index contributed by atoms with van der Waals surface area (Å²) < 4.78 is 2.04. The topological polar surface area (TPSA) is 38.1 Å². The largest absolute Gasteiger partial charge is 0.342 e. The Hall–Kier alpha value is -0.970. The van der Waals surface area contributed by atoms with Crippen molar-refractivity contribution >= 4 is 18.5 Å². The average Bonchev–Trinajstić information content (AvgIpc) is 2.89. The molecule has 1 aromatic heterocycles. The highest BCUT2D eigenvalue weighted by molar-refractivity contribution is 7.80. The highest BCUT2D eigenvalue weighted by Gasteiger charge is 2.27. The van der Waals surface area contributed by atoms with E-state index in [1.165, 1.54) is 0 Å². The summed E-state index contributed by atoms with van der Waals surface area (Å²) in [5.74, 6) is 1.54. The number of hydrogen-bond acceptors (Lipinski definition) is 3. The molecular formula is C11H17N3OS. The molecule has 0 aliphatic carbocycles. The van der Waals surface area contributed by atoms with Gasteiger partial charge in [-0.05, 0) is 18.1 Å². The number of imidazole rings is 1. The highest BCUT2D eigenvalue weighted by atomic mass is 32.1. The minimum absolute atomic E-state index is 0.282. The molecule has 2 rings (SSSR count). The van der Waals surface area contributed by atoms with Crippen LogP contribution in [0.4, 0.5) is 0 Å². The fraction of sp³-hybridized carbons (Fsp3) is 0.636. The molecule has 1 fully saturated rings. The molecule has 0 spiro atoms. The van der Waals surface area contributed by atoms with Gasteiger partial charge < -0.3 is 9.47 Å². The van der Waals surface area contributed by atoms with Gasteiger partial charge in [0.05, 0.1) is 6.33 Å². The van der Waals surface area contributed by atoms with Crippen LogP contribution in [-0.4, -0.2) is 39.2 Å². The number of aromatic nitrogens is 2. The van der Waals surface area contributed by atoms with Gasteiger partial charge >= 0.3 is 0 Å². The van der Waals surface area contributed by atoms with E-state index in [4.69, 9.17) is 0 Å². The SMILES string of the molecule is O=C1CC(CS)CN1CCCn1ccnc1. The lowest BCUT2D eigenvalue weighted by Gasteiger charge is -2.16. The van der Waals surface area contributed by atoms with Crippen molar-refractivity contribution in [3.05, 3.63) is 18.7 Å². The molecule has 1 aliphatic rings. The van der Waals surface area contributed by atoms with Crippen molar-refractivity contribution in [3.63, 3.8) is 0 Å². The van der Waals surface area contributed by atoms with Crippen molar-refractivity contribution in [2.75, 3.05) is 18.8 Å². The van der Waals surface area contributed by atoms with Gasteiger partial charge in [-0.25, -0.2) is 4.98 Å². The Morgan fingerprint density at radius 2 is 2.38 bits per heavy atom. The molecular weight excluding hydrogens is 222 g/mol. The first kappa shape index (κ1) is 11.5. The lowest BCUT2D eigenvalue weighted by atomic mass is 10.1. The molecule has 0 bridgehead atoms. The monoisotopic (exact) mass is 239 g/mol. The maximum absolute atomic E-state index is 11.6. The Morgan fingerprint density at radius 1 is 1.50 bits per heavy atom. The van der Waals surface area contributed by atoms with Crippen LogP contribution < -0.4 is 0 Å². The summed E-state index contributed by atoms with van der Waals surface area (Å²) in [6.45, 7) is 2.66. The Kier molecular flexibility index (Phi) is 3.88. The summed E-state index contributed by atoms with van der Waals surface area (Å²) in [6, 6.07) is 0. The number of carbonyl (C=O) groups is 1. The van der Waals surface area contributed by atoms with E-state index in [9.17, 15) is 4.79 Å². The fourth-order valence-corrected chi connectivity index (χ4v) is 2.30. The van der Waals surface area contributed by atoms with Crippen molar-refractivity contribution in [1.29, 1.82) is 0 Å². The molecule has 4 nitrogen and oxygen atoms in total. The van der Waals surface area contributed by atoms with Crippen LogP contribution >= 0.6 is 12.6 Å². The first-order chi connectivity index (χ1) is 7.79. The van der Waals surface area contributed by atoms with E-state index in [-0.39, 0.29) is 5.91 Å². The Labute approximate surface area is 101 Å². The van der Waals surface area contributed by atoms with Crippen molar-refractivity contribution in [2.45, 2.75) is 19.4 Å². The van der Waals surface area contributed by atoms with Crippen molar-refractivity contribution in [1.82, 2.24) is 14.5 Å². The molecule has 0 aromatic carbocycles. The summed E-state index contributed by atoms with van der Waals surface area (Å²) in [6.07, 6.45) is 7.19. The van der Waals surface area contributed by atoms with E-state index < -0.39 is 0 Å². The summed E-state index contributed by atoms with van der Waals surface area (Å²) >= 11 is 4.25. The van der Waals surface area contributed by atoms with Gasteiger partial charge in [-0.2, -0.15) is 12.6 Å². The maximum Gasteiger partial charge on any atom is 0.222 e. The summed E-state index contributed by atoms with van der Waals surface area (Å²) in [7, 11) is 0. The zero-order valence-corrected chi connectivity index (χ0v) is 10.1. The third-order valence-electron chi connectivity index (χ3n) is 2.96. The quantitative estimate of drug-likeness (QED) is 0.780. The van der Waals surface area contributed by atoms with E-state index >= 15 is 0 Å². The van der Waals surface area contributed by atoms with Crippen LogP contribution in [0, 0.1) is 5.92 Å². The molecule has 1 aromatic rings. The second-order valence-corrected chi connectivity index (χ2v) is 4.61. The lowest BCUT2D eigenvalue weighted by molar-refractivity contribution is -0.127. The standard InChI is InChI=1S/C11H17N3OS/c15-11-6-10(8-16)7-14(11)4-1-3-13-5-2-12-9-13/h2,5,9-10,16H,1,3-4,6-8H2. The lowest BCUT2D eigenvalue weighted by Crippen LogP contribution is -2.27. The van der Waals surface area contributed by atoms with Crippen LogP contribution in [0.25, 0.3) is 0 Å². The van der Waals surface area contributed by atoms with E-state index in [0.717, 1.165) is 31.8 Å². The molecule has 1 aliphatic heterocycles. The van der Waals surface area contributed by atoms with Gasteiger partial charge in [0.15, 0.2) is 0 Å². The third-order valence-corrected chi connectivity index (χ3v) is 3.47. The van der Waals surface area contributed by atoms with Gasteiger partial charge in [0, 0.05) is 38.4 Å². The second kappa shape index (κ2) is 5.39. The molecule has 0 radical (unpaired) electrons. The second-order valence-electron chi connectivity index (χ2n) is 4.25. The van der Waals surface area contributed by atoms with Gasteiger partial charge in [0.1, 0.15) is 0 Å². The van der Waals surface area contributed by atoms with Crippen LogP contribution in [0.2, 0.25) is 0 Å². The van der Waals surface area contributed by atoms with E-state index in [0.29, 0.717) is 12.3 Å². The average molecular weight is 239 g/mol. The number of amides is 1. The predicted molar refractivity (Wildman–Crippen MR) is 65.4 cm³/mol. The molecule has 88 valence electrons. The number of carbonyl (C=O) groups excluding carboxylic acids is 1. The van der Waals surface area contributed by atoms with Crippen molar-refractivity contribution in [3.8, 4) is 0 Å². The van der Waals surface area contributed by atoms with Gasteiger partial charge in [0.25, 0.3) is 0 Å². The first-order valence-electron chi connectivity index (χ1n) is 5.64. The molecule has 0 N–H and O–H groups in total. The van der Waals surface area contributed by atoms with Crippen LogP contribution in [-0.2, 0) is 11.3 Å². The molecule has 2 heterocycles. The minimum Gasteiger partial charge on any atom is -0.342 e. The Morgan fingerprint density at radius 3 is 3.00 bits per heavy atom. The molecule has 1 atom stereocenters. The summed E-state index contributed by atoms with van der Waals surface area (Å²) in [4.78, 5) is 17.6. The van der Waals surface area contributed by atoms with Crippen LogP contribution in [0.5, 0.6) is 0 Å². The fourth-order valence-electron chi connectivity index (χ4n) is 2.06. The molecule has 1 saturated heterocycles. The maximum atomic E-state index is 11.6. The predicted octanol–water partition coefficient (Wildman–Crippen LogP) is 1.05. The zero-order chi connectivity index (χ0) is 11.4. The summed E-state index contributed by atoms with van der Waals surface area (Å²) in [5, 5.41) is 0. The Bertz CT molecular complexity index is 339. The number of aryl methyl sites for hydroxylation is 1. The molecule has 5 heteroatoms. The van der Waals surface area contributed by atoms with Crippen LogP contribution in [0.1, 0.15) is 12.8 Å². The van der Waals surface area contributed by atoms with E-state index in [1.807, 2.05) is 22.0 Å². The van der Waals surface area contributed by atoms with Gasteiger partial charge in [-0.1, -0.05) is 0 Å². The van der Waals surface area contributed by atoms with Crippen LogP contribution in [0.15, 0.2) is 18.7 Å². The van der Waals surface area contributed by atoms with Gasteiger partial charge in [-0.15, -0.1) is 0 Å². The van der Waals surface area contributed by atoms with Gasteiger partial charge in [0.2, 0.25) is 5.91 Å². The van der Waals surface area contributed by atoms with Crippen LogP contribution in [0.3, 0.4) is 0 Å². The number of likely N-dealkylation sites (tertiary alicyclic amines) is 1. The molecule has 16 heavy (non-hydrogen) atoms. The number of thiol groups is 1. The van der Waals surface area contributed by atoms with Crippen molar-refractivity contribution in [2.24, 2.45) is 5.92 Å². The number of nitrogens with zero attached hydrogens (tertiary/aromatic N) is 3. The Balaban J connectivity index is 1.72. The van der Waals surface area contributed by atoms with Gasteiger partial charge in [-0.3, -0.25) is 4.79 Å². The molecule has 0 saturated carbocycles. The normalized spacial score (nSPS) is 20.7. The van der Waals surface area contributed by atoms with E-state index in [2.05, 4.69) is 17.6 Å². The third kappa shape index (κ3) is 2.78. The minimum atomic E-state index is 0.282. The zero-order valence-electron chi connectivity index (χ0n) is 9.25. The van der Waals surface area contributed by atoms with Crippen molar-refractivity contribution < 1.29 is 4.79 Å². The highest BCUT2D eigenvalue weighted by Crippen LogP contribution is 2.18. The smallest absolute Gasteiger partial charge is 0.222 e. The first-order valence-corrected chi connectivity index (χ1v) is 6.27. The molecule has 1 unspecified atom stereocenters.